The number of carbonyl (C=O) groups excluding carboxylic acids is 1. The van der Waals surface area contributed by atoms with Crippen LogP contribution in [0.3, 0.4) is 0 Å². The van der Waals surface area contributed by atoms with Crippen molar-refractivity contribution in [2.45, 2.75) is 19.8 Å². The number of pyridine rings is 1. The number of aromatic nitrogens is 2. The summed E-state index contributed by atoms with van der Waals surface area (Å²) < 4.78 is 20.1. The molecule has 1 amide bonds. The van der Waals surface area contributed by atoms with Gasteiger partial charge in [0.05, 0.1) is 11.5 Å². The van der Waals surface area contributed by atoms with Gasteiger partial charge in [0.15, 0.2) is 0 Å². The smallest absolute Gasteiger partial charge is 0.239 e. The number of hydrogen-bond donors (Lipinski definition) is 1. The zero-order valence-electron chi connectivity index (χ0n) is 16.9. The van der Waals surface area contributed by atoms with Crippen molar-refractivity contribution in [2.75, 3.05) is 5.32 Å². The second kappa shape index (κ2) is 8.70. The minimum Gasteiger partial charge on any atom is -0.337 e. The van der Waals surface area contributed by atoms with E-state index < -0.39 is 11.7 Å². The van der Waals surface area contributed by atoms with Gasteiger partial charge in [0.25, 0.3) is 0 Å². The molecule has 1 atom stereocenters. The van der Waals surface area contributed by atoms with Crippen molar-refractivity contribution in [1.82, 2.24) is 10.1 Å². The summed E-state index contributed by atoms with van der Waals surface area (Å²) in [5, 5.41) is 7.38. The quantitative estimate of drug-likeness (QED) is 0.402. The zero-order valence-corrected chi connectivity index (χ0v) is 17.7. The molecule has 1 unspecified atom stereocenters. The lowest BCUT2D eigenvalue weighted by atomic mass is 9.98. The van der Waals surface area contributed by atoms with Gasteiger partial charge in [-0.2, -0.15) is 0 Å². The number of carbonyl (C=O) groups is 1. The van der Waals surface area contributed by atoms with Gasteiger partial charge in [-0.05, 0) is 55.3 Å². The van der Waals surface area contributed by atoms with E-state index in [1.165, 1.54) is 6.07 Å². The fraction of sp³-hybridized carbons (Fsp3) is 0.125. The number of anilines is 1. The van der Waals surface area contributed by atoms with Crippen LogP contribution in [0, 0.1) is 12.7 Å². The van der Waals surface area contributed by atoms with Gasteiger partial charge >= 0.3 is 0 Å². The summed E-state index contributed by atoms with van der Waals surface area (Å²) in [6.07, 6.45) is 3.22. The fourth-order valence-corrected chi connectivity index (χ4v) is 3.65. The third kappa shape index (κ3) is 4.20. The summed E-state index contributed by atoms with van der Waals surface area (Å²) in [4.78, 5) is 17.0. The Morgan fingerprint density at radius 1 is 1.13 bits per heavy atom. The first-order valence-electron chi connectivity index (χ1n) is 9.67. The van der Waals surface area contributed by atoms with E-state index in [-0.39, 0.29) is 17.4 Å². The molecule has 5 nitrogen and oxygen atoms in total. The van der Waals surface area contributed by atoms with Gasteiger partial charge < -0.3 is 4.52 Å². The van der Waals surface area contributed by atoms with Crippen molar-refractivity contribution < 1.29 is 13.7 Å². The minimum absolute atomic E-state index is 0.131. The monoisotopic (exact) mass is 435 g/mol. The third-order valence-corrected chi connectivity index (χ3v) is 5.38. The number of halogens is 2. The molecular formula is C24H19ClFN3O2. The standard InChI is InChI=1S/C24H19ClFN3O2/c1-14-7-8-20(26)18(13-14)22-21(16-9-11-27-12-10-16)24(31-29-22)28-23(30)15(2)17-5-3-4-6-19(17)25/h3-13,15H,1-2H3,(H,28,30). The molecule has 0 aliphatic rings. The molecule has 0 bridgehead atoms. The fourth-order valence-electron chi connectivity index (χ4n) is 3.35. The number of nitrogens with zero attached hydrogens (tertiary/aromatic N) is 2. The number of amides is 1. The Balaban J connectivity index is 1.77. The molecule has 0 saturated heterocycles. The highest BCUT2D eigenvalue weighted by Crippen LogP contribution is 2.39. The molecule has 31 heavy (non-hydrogen) atoms. The van der Waals surface area contributed by atoms with Crippen LogP contribution < -0.4 is 5.32 Å². The lowest BCUT2D eigenvalue weighted by molar-refractivity contribution is -0.117. The lowest BCUT2D eigenvalue weighted by Crippen LogP contribution is -2.19. The molecule has 0 fully saturated rings. The van der Waals surface area contributed by atoms with E-state index in [2.05, 4.69) is 15.5 Å². The van der Waals surface area contributed by atoms with Crippen LogP contribution in [-0.2, 0) is 4.79 Å². The van der Waals surface area contributed by atoms with E-state index in [9.17, 15) is 9.18 Å². The number of benzene rings is 2. The van der Waals surface area contributed by atoms with Gasteiger partial charge in [-0.3, -0.25) is 15.1 Å². The zero-order chi connectivity index (χ0) is 22.0. The topological polar surface area (TPSA) is 68.0 Å². The van der Waals surface area contributed by atoms with Gasteiger partial charge in [0.2, 0.25) is 11.8 Å². The first-order valence-corrected chi connectivity index (χ1v) is 10.1. The van der Waals surface area contributed by atoms with Crippen molar-refractivity contribution in [1.29, 1.82) is 0 Å². The largest absolute Gasteiger partial charge is 0.337 e. The predicted octanol–water partition coefficient (Wildman–Crippen LogP) is 6.25. The molecule has 1 N–H and O–H groups in total. The summed E-state index contributed by atoms with van der Waals surface area (Å²) in [6, 6.07) is 15.4. The van der Waals surface area contributed by atoms with Gasteiger partial charge in [-0.15, -0.1) is 0 Å². The van der Waals surface area contributed by atoms with Gasteiger partial charge in [0.1, 0.15) is 11.5 Å². The minimum atomic E-state index is -0.539. The van der Waals surface area contributed by atoms with E-state index in [0.29, 0.717) is 27.4 Å². The normalized spacial score (nSPS) is 11.9. The van der Waals surface area contributed by atoms with Crippen LogP contribution in [-0.4, -0.2) is 16.0 Å². The van der Waals surface area contributed by atoms with E-state index in [0.717, 1.165) is 5.56 Å². The molecule has 0 spiro atoms. The van der Waals surface area contributed by atoms with Crippen molar-refractivity contribution in [3.63, 3.8) is 0 Å². The van der Waals surface area contributed by atoms with E-state index in [1.54, 1.807) is 61.8 Å². The number of rotatable bonds is 5. The average Bonchev–Trinajstić information content (AvgIpc) is 3.19. The van der Waals surface area contributed by atoms with Crippen LogP contribution in [0.2, 0.25) is 5.02 Å². The second-order valence-electron chi connectivity index (χ2n) is 7.19. The van der Waals surface area contributed by atoms with Crippen LogP contribution >= 0.6 is 11.6 Å². The van der Waals surface area contributed by atoms with Gasteiger partial charge in [0, 0.05) is 23.0 Å². The SMILES string of the molecule is Cc1ccc(F)c(-c2noc(NC(=O)C(C)c3ccccc3Cl)c2-c2ccncc2)c1. The highest BCUT2D eigenvalue weighted by Gasteiger charge is 2.25. The number of aryl methyl sites for hydroxylation is 1. The first kappa shape index (κ1) is 20.8. The molecule has 0 radical (unpaired) electrons. The van der Waals surface area contributed by atoms with E-state index >= 15 is 0 Å². The highest BCUT2D eigenvalue weighted by molar-refractivity contribution is 6.31. The third-order valence-electron chi connectivity index (χ3n) is 5.04. The van der Waals surface area contributed by atoms with E-state index in [4.69, 9.17) is 16.1 Å². The van der Waals surface area contributed by atoms with Crippen LogP contribution in [0.4, 0.5) is 10.3 Å². The van der Waals surface area contributed by atoms with Crippen molar-refractivity contribution >= 4 is 23.4 Å². The van der Waals surface area contributed by atoms with E-state index in [1.807, 2.05) is 13.0 Å². The molecule has 4 aromatic rings. The molecule has 4 rings (SSSR count). The van der Waals surface area contributed by atoms with Crippen molar-refractivity contribution in [3.05, 3.63) is 89.0 Å². The second-order valence-corrected chi connectivity index (χ2v) is 7.59. The van der Waals surface area contributed by atoms with Crippen molar-refractivity contribution in [2.24, 2.45) is 0 Å². The Morgan fingerprint density at radius 3 is 2.61 bits per heavy atom. The number of nitrogens with one attached hydrogen (secondary N) is 1. The van der Waals surface area contributed by atoms with Crippen LogP contribution in [0.5, 0.6) is 0 Å². The Bertz CT molecular complexity index is 1240. The molecule has 2 aromatic carbocycles. The molecule has 7 heteroatoms. The lowest BCUT2D eigenvalue weighted by Gasteiger charge is -2.13. The summed E-state index contributed by atoms with van der Waals surface area (Å²) in [5.41, 5.74) is 3.32. The van der Waals surface area contributed by atoms with Crippen LogP contribution in [0.1, 0.15) is 24.0 Å². The maximum Gasteiger partial charge on any atom is 0.239 e. The molecule has 2 aromatic heterocycles. The van der Waals surface area contributed by atoms with Gasteiger partial charge in [-0.25, -0.2) is 4.39 Å². The summed E-state index contributed by atoms with van der Waals surface area (Å²) in [7, 11) is 0. The molecule has 0 aliphatic carbocycles. The van der Waals surface area contributed by atoms with Gasteiger partial charge in [-0.1, -0.05) is 46.6 Å². The molecule has 0 aliphatic heterocycles. The number of hydrogen-bond acceptors (Lipinski definition) is 4. The maximum absolute atomic E-state index is 14.6. The molecule has 2 heterocycles. The van der Waals surface area contributed by atoms with Crippen LogP contribution in [0.25, 0.3) is 22.4 Å². The molecule has 156 valence electrons. The van der Waals surface area contributed by atoms with Crippen molar-refractivity contribution in [3.8, 4) is 22.4 Å². The molecular weight excluding hydrogens is 417 g/mol. The summed E-state index contributed by atoms with van der Waals surface area (Å²) >= 11 is 6.25. The van der Waals surface area contributed by atoms with Crippen LogP contribution in [0.15, 0.2) is 71.5 Å². The highest BCUT2D eigenvalue weighted by atomic mass is 35.5. The Labute approximate surface area is 183 Å². The summed E-state index contributed by atoms with van der Waals surface area (Å²) in [6.45, 7) is 3.61. The maximum atomic E-state index is 14.6. The Morgan fingerprint density at radius 2 is 1.87 bits per heavy atom. The average molecular weight is 436 g/mol. The summed E-state index contributed by atoms with van der Waals surface area (Å²) in [5.74, 6) is -1.17. The first-order chi connectivity index (χ1) is 15.0. The Kier molecular flexibility index (Phi) is 5.82. The Hall–Kier alpha value is -3.51. The predicted molar refractivity (Wildman–Crippen MR) is 118 cm³/mol. The molecule has 0 saturated carbocycles.